The van der Waals surface area contributed by atoms with Crippen LogP contribution in [0.3, 0.4) is 0 Å². The van der Waals surface area contributed by atoms with Crippen LogP contribution in [-0.4, -0.2) is 9.97 Å². The molecule has 0 aliphatic heterocycles. The van der Waals surface area contributed by atoms with Crippen molar-refractivity contribution in [3.63, 3.8) is 0 Å². The molecule has 4 heteroatoms. The summed E-state index contributed by atoms with van der Waals surface area (Å²) in [6.07, 6.45) is 3.76. The van der Waals surface area contributed by atoms with Crippen molar-refractivity contribution in [3.8, 4) is 54.5 Å². The minimum atomic E-state index is -0.554. The van der Waals surface area contributed by atoms with Crippen molar-refractivity contribution in [2.75, 3.05) is 0 Å². The summed E-state index contributed by atoms with van der Waals surface area (Å²) >= 11 is 3.35. The summed E-state index contributed by atoms with van der Waals surface area (Å²) in [5.74, 6) is 0. The van der Waals surface area contributed by atoms with Crippen molar-refractivity contribution < 1.29 is 0 Å². The first kappa shape index (κ1) is 29.9. The number of hydrogen-bond donors (Lipinski definition) is 0. The number of fused-ring (bicyclic) bond motifs is 5. The minimum Gasteiger partial charge on any atom is -0.245 e. The Morgan fingerprint density at radius 3 is 1.57 bits per heavy atom. The van der Waals surface area contributed by atoms with Gasteiger partial charge in [0, 0.05) is 34.3 Å². The Labute approximate surface area is 305 Å². The Balaban J connectivity index is 1.29. The molecule has 2 aromatic heterocycles. The molecule has 0 radical (unpaired) electrons. The molecule has 2 nitrogen and oxygen atoms in total. The van der Waals surface area contributed by atoms with Crippen LogP contribution in [0.2, 0.25) is 0 Å². The maximum absolute atomic E-state index is 4.64. The first-order valence-electron chi connectivity index (χ1n) is 17.1. The van der Waals surface area contributed by atoms with Crippen LogP contribution in [0.4, 0.5) is 0 Å². The van der Waals surface area contributed by atoms with E-state index in [-0.39, 0.29) is 0 Å². The SMILES string of the molecule is c1ccc(C2(c3ccccc3)c3cc(-c4cccc(-c5nccs5)c4)ccc3-c3c2cc(-c2cccc(-c4nccs4)c2)c2ccccc32)cc1. The van der Waals surface area contributed by atoms with E-state index < -0.39 is 5.41 Å². The standard InChI is InChI=1S/C47H30N2S2/c1-3-15-36(16-4-1)47(37-17-5-2-6-18-37)42-29-32(31-11-9-13-34(27-31)45-48-23-25-50-45)21-22-40(42)44-39-20-8-7-19-38(39)41(30-43(44)47)33-12-10-14-35(28-33)46-49-24-26-51-46/h1-30H. The zero-order chi connectivity index (χ0) is 33.8. The molecule has 7 aromatic carbocycles. The quantitative estimate of drug-likeness (QED) is 0.174. The molecule has 0 saturated carbocycles. The minimum absolute atomic E-state index is 0.554. The van der Waals surface area contributed by atoms with Crippen LogP contribution in [0.25, 0.3) is 65.3 Å². The summed E-state index contributed by atoms with van der Waals surface area (Å²) in [6.45, 7) is 0. The second-order valence-electron chi connectivity index (χ2n) is 13.0. The van der Waals surface area contributed by atoms with Gasteiger partial charge in [-0.2, -0.15) is 0 Å². The third kappa shape index (κ3) is 4.75. The topological polar surface area (TPSA) is 25.8 Å². The lowest BCUT2D eigenvalue weighted by Gasteiger charge is -2.34. The average molecular weight is 687 g/mol. The molecule has 9 aromatic rings. The monoisotopic (exact) mass is 686 g/mol. The summed E-state index contributed by atoms with van der Waals surface area (Å²) < 4.78 is 0. The van der Waals surface area contributed by atoms with Gasteiger partial charge in [-0.1, -0.05) is 133 Å². The highest BCUT2D eigenvalue weighted by molar-refractivity contribution is 7.13. The van der Waals surface area contributed by atoms with E-state index in [4.69, 9.17) is 0 Å². The van der Waals surface area contributed by atoms with Crippen molar-refractivity contribution in [3.05, 3.63) is 203 Å². The van der Waals surface area contributed by atoms with Crippen LogP contribution < -0.4 is 0 Å². The van der Waals surface area contributed by atoms with Gasteiger partial charge in [0.05, 0.1) is 5.41 Å². The molecule has 0 spiro atoms. The molecule has 1 aliphatic carbocycles. The van der Waals surface area contributed by atoms with E-state index in [1.54, 1.807) is 22.7 Å². The summed E-state index contributed by atoms with van der Waals surface area (Å²) in [6, 6.07) is 58.4. The highest BCUT2D eigenvalue weighted by Crippen LogP contribution is 2.59. The van der Waals surface area contributed by atoms with E-state index in [1.165, 1.54) is 66.4 Å². The molecule has 0 saturated heterocycles. The highest BCUT2D eigenvalue weighted by atomic mass is 32.1. The van der Waals surface area contributed by atoms with Gasteiger partial charge < -0.3 is 0 Å². The molecule has 0 fully saturated rings. The smallest absolute Gasteiger partial charge is 0.123 e. The van der Waals surface area contributed by atoms with Gasteiger partial charge in [-0.15, -0.1) is 22.7 Å². The first-order valence-corrected chi connectivity index (χ1v) is 18.9. The summed E-state index contributed by atoms with van der Waals surface area (Å²) in [5, 5.41) is 8.65. The molecule has 0 amide bonds. The molecule has 2 heterocycles. The molecule has 51 heavy (non-hydrogen) atoms. The zero-order valence-electron chi connectivity index (χ0n) is 27.5. The van der Waals surface area contributed by atoms with Gasteiger partial charge in [0.25, 0.3) is 0 Å². The average Bonchev–Trinajstić information content (AvgIpc) is 4.00. The third-order valence-corrected chi connectivity index (χ3v) is 11.9. The number of benzene rings is 7. The summed E-state index contributed by atoms with van der Waals surface area (Å²) in [7, 11) is 0. The van der Waals surface area contributed by atoms with Crippen LogP contribution >= 0.6 is 22.7 Å². The molecule has 0 bridgehead atoms. The lowest BCUT2D eigenvalue weighted by atomic mass is 9.67. The second kappa shape index (κ2) is 12.1. The number of hydrogen-bond acceptors (Lipinski definition) is 4. The lowest BCUT2D eigenvalue weighted by Crippen LogP contribution is -2.28. The van der Waals surface area contributed by atoms with Crippen LogP contribution in [-0.2, 0) is 5.41 Å². The fourth-order valence-corrected chi connectivity index (χ4v) is 9.42. The van der Waals surface area contributed by atoms with Crippen molar-refractivity contribution in [2.45, 2.75) is 5.41 Å². The Hall–Kier alpha value is -5.94. The Morgan fingerprint density at radius 2 is 0.941 bits per heavy atom. The molecule has 240 valence electrons. The van der Waals surface area contributed by atoms with Crippen LogP contribution in [0.15, 0.2) is 181 Å². The third-order valence-electron chi connectivity index (χ3n) is 10.3. The maximum atomic E-state index is 4.64. The van der Waals surface area contributed by atoms with Gasteiger partial charge >= 0.3 is 0 Å². The first-order chi connectivity index (χ1) is 25.3. The number of rotatable bonds is 6. The van der Waals surface area contributed by atoms with E-state index in [0.29, 0.717) is 0 Å². The Morgan fingerprint density at radius 1 is 0.392 bits per heavy atom. The maximum Gasteiger partial charge on any atom is 0.123 e. The highest BCUT2D eigenvalue weighted by Gasteiger charge is 2.47. The van der Waals surface area contributed by atoms with Gasteiger partial charge in [0.1, 0.15) is 10.0 Å². The Bertz CT molecular complexity index is 2640. The molecule has 1 aliphatic rings. The second-order valence-corrected chi connectivity index (χ2v) is 14.8. The van der Waals surface area contributed by atoms with E-state index >= 15 is 0 Å². The van der Waals surface area contributed by atoms with E-state index in [1.807, 2.05) is 23.2 Å². The van der Waals surface area contributed by atoms with Crippen molar-refractivity contribution in [1.29, 1.82) is 0 Å². The van der Waals surface area contributed by atoms with Gasteiger partial charge in [-0.05, 0) is 90.7 Å². The number of thiazole rings is 2. The normalized spacial score (nSPS) is 12.9. The molecule has 0 N–H and O–H groups in total. The number of aromatic nitrogens is 2. The number of nitrogens with zero attached hydrogens (tertiary/aromatic N) is 2. The fraction of sp³-hybridized carbons (Fsp3) is 0.0213. The van der Waals surface area contributed by atoms with Gasteiger partial charge in [0.15, 0.2) is 0 Å². The Kier molecular flexibility index (Phi) is 7.12. The van der Waals surface area contributed by atoms with E-state index in [9.17, 15) is 0 Å². The largest absolute Gasteiger partial charge is 0.245 e. The molecule has 0 atom stereocenters. The van der Waals surface area contributed by atoms with E-state index in [0.717, 1.165) is 21.1 Å². The van der Waals surface area contributed by atoms with Crippen LogP contribution in [0.5, 0.6) is 0 Å². The fourth-order valence-electron chi connectivity index (χ4n) is 8.15. The molecular formula is C47H30N2S2. The van der Waals surface area contributed by atoms with E-state index in [2.05, 4.69) is 168 Å². The predicted octanol–water partition coefficient (Wildman–Crippen LogP) is 12.8. The van der Waals surface area contributed by atoms with Crippen LogP contribution in [0, 0.1) is 0 Å². The van der Waals surface area contributed by atoms with Crippen molar-refractivity contribution >= 4 is 33.4 Å². The van der Waals surface area contributed by atoms with Crippen LogP contribution in [0.1, 0.15) is 22.3 Å². The van der Waals surface area contributed by atoms with Crippen molar-refractivity contribution in [1.82, 2.24) is 9.97 Å². The molecular weight excluding hydrogens is 657 g/mol. The lowest BCUT2D eigenvalue weighted by molar-refractivity contribution is 0.769. The predicted molar refractivity (Wildman–Crippen MR) is 214 cm³/mol. The molecule has 10 rings (SSSR count). The summed E-state index contributed by atoms with van der Waals surface area (Å²) in [4.78, 5) is 9.25. The van der Waals surface area contributed by atoms with Gasteiger partial charge in [-0.3, -0.25) is 0 Å². The molecule has 0 unspecified atom stereocenters. The van der Waals surface area contributed by atoms with Gasteiger partial charge in [-0.25, -0.2) is 9.97 Å². The zero-order valence-corrected chi connectivity index (χ0v) is 29.2. The van der Waals surface area contributed by atoms with Gasteiger partial charge in [0.2, 0.25) is 0 Å². The summed E-state index contributed by atoms with van der Waals surface area (Å²) in [5.41, 5.74) is 14.2. The van der Waals surface area contributed by atoms with Crippen molar-refractivity contribution in [2.24, 2.45) is 0 Å².